The van der Waals surface area contributed by atoms with Gasteiger partial charge in [-0.1, -0.05) is 16.8 Å². The first-order valence-electron chi connectivity index (χ1n) is 6.24. The van der Waals surface area contributed by atoms with E-state index in [9.17, 15) is 13.2 Å². The summed E-state index contributed by atoms with van der Waals surface area (Å²) in [5, 5.41) is 11.7. The third-order valence-electron chi connectivity index (χ3n) is 3.18. The average molecular weight is 287 g/mol. The Bertz CT molecular complexity index is 524. The van der Waals surface area contributed by atoms with Crippen LogP contribution in [0.4, 0.5) is 18.9 Å². The molecule has 1 aromatic carbocycles. The molecule has 1 aliphatic carbocycles. The Kier molecular flexibility index (Phi) is 3.78. The van der Waals surface area contributed by atoms with E-state index in [1.54, 1.807) is 25.1 Å². The third-order valence-corrected chi connectivity index (χ3v) is 3.18. The van der Waals surface area contributed by atoms with Crippen molar-refractivity contribution in [1.29, 1.82) is 0 Å². The first-order chi connectivity index (χ1) is 9.31. The van der Waals surface area contributed by atoms with Gasteiger partial charge in [-0.25, -0.2) is 0 Å². The number of rotatable bonds is 4. The summed E-state index contributed by atoms with van der Waals surface area (Å²) >= 11 is 0. The number of benzene rings is 1. The van der Waals surface area contributed by atoms with E-state index in [1.807, 2.05) is 0 Å². The number of hydrogen-bond acceptors (Lipinski definition) is 3. The van der Waals surface area contributed by atoms with Gasteiger partial charge in [0, 0.05) is 17.3 Å². The minimum absolute atomic E-state index is 0.135. The maximum absolute atomic E-state index is 12.7. The largest absolute Gasteiger partial charge is 0.409 e. The van der Waals surface area contributed by atoms with Crippen LogP contribution in [0.2, 0.25) is 0 Å². The van der Waals surface area contributed by atoms with Crippen LogP contribution in [0.25, 0.3) is 0 Å². The minimum atomic E-state index is -4.30. The van der Waals surface area contributed by atoms with Gasteiger partial charge in [-0.05, 0) is 31.9 Å². The summed E-state index contributed by atoms with van der Waals surface area (Å²) in [5.41, 5.74) is 7.09. The molecule has 1 aliphatic rings. The highest BCUT2D eigenvalue weighted by atomic mass is 19.4. The van der Waals surface area contributed by atoms with E-state index in [2.05, 4.69) is 5.16 Å². The van der Waals surface area contributed by atoms with E-state index in [0.29, 0.717) is 11.3 Å². The molecule has 0 bridgehead atoms. The summed E-state index contributed by atoms with van der Waals surface area (Å²) in [7, 11) is 0. The normalized spacial score (nSPS) is 16.3. The molecule has 0 heterocycles. The SMILES string of the molecule is Cc1ccc(N(CC(F)(F)F)C2CC2)c(/C(N)=N/O)c1. The van der Waals surface area contributed by atoms with Crippen LogP contribution in [0.15, 0.2) is 23.4 Å². The summed E-state index contributed by atoms with van der Waals surface area (Å²) in [6.07, 6.45) is -2.85. The fourth-order valence-electron chi connectivity index (χ4n) is 2.15. The van der Waals surface area contributed by atoms with Crippen molar-refractivity contribution in [3.8, 4) is 0 Å². The van der Waals surface area contributed by atoms with Crippen LogP contribution in [0.1, 0.15) is 24.0 Å². The second-order valence-electron chi connectivity index (χ2n) is 4.98. The van der Waals surface area contributed by atoms with Gasteiger partial charge in [-0.15, -0.1) is 0 Å². The number of nitrogens with two attached hydrogens (primary N) is 1. The van der Waals surface area contributed by atoms with E-state index in [4.69, 9.17) is 10.9 Å². The van der Waals surface area contributed by atoms with Crippen LogP contribution in [-0.4, -0.2) is 29.8 Å². The fraction of sp³-hybridized carbons (Fsp3) is 0.462. The number of anilines is 1. The number of nitrogens with zero attached hydrogens (tertiary/aromatic N) is 2. The molecule has 0 aliphatic heterocycles. The summed E-state index contributed by atoms with van der Waals surface area (Å²) in [6, 6.07) is 4.79. The molecule has 20 heavy (non-hydrogen) atoms. The maximum atomic E-state index is 12.7. The van der Waals surface area contributed by atoms with Crippen LogP contribution in [0, 0.1) is 6.92 Å². The van der Waals surface area contributed by atoms with Crippen molar-refractivity contribution in [3.63, 3.8) is 0 Å². The van der Waals surface area contributed by atoms with Crippen molar-refractivity contribution >= 4 is 11.5 Å². The minimum Gasteiger partial charge on any atom is -0.409 e. The second-order valence-corrected chi connectivity index (χ2v) is 4.98. The molecule has 7 heteroatoms. The van der Waals surface area contributed by atoms with Crippen molar-refractivity contribution < 1.29 is 18.4 Å². The van der Waals surface area contributed by atoms with Gasteiger partial charge in [0.25, 0.3) is 0 Å². The molecule has 0 spiro atoms. The van der Waals surface area contributed by atoms with Crippen LogP contribution < -0.4 is 10.6 Å². The Morgan fingerprint density at radius 2 is 2.10 bits per heavy atom. The number of halogens is 3. The first kappa shape index (κ1) is 14.5. The predicted molar refractivity (Wildman–Crippen MR) is 70.1 cm³/mol. The molecule has 1 aromatic rings. The zero-order chi connectivity index (χ0) is 14.9. The lowest BCUT2D eigenvalue weighted by Gasteiger charge is -2.28. The quantitative estimate of drug-likeness (QED) is 0.387. The van der Waals surface area contributed by atoms with E-state index in [1.165, 1.54) is 4.90 Å². The molecule has 0 radical (unpaired) electrons. The molecular weight excluding hydrogens is 271 g/mol. The Labute approximate surface area is 114 Å². The van der Waals surface area contributed by atoms with Crippen molar-refractivity contribution in [1.82, 2.24) is 0 Å². The molecule has 110 valence electrons. The smallest absolute Gasteiger partial charge is 0.405 e. The molecule has 0 aromatic heterocycles. The first-order valence-corrected chi connectivity index (χ1v) is 6.24. The lowest BCUT2D eigenvalue weighted by atomic mass is 10.1. The summed E-state index contributed by atoms with van der Waals surface area (Å²) in [4.78, 5) is 1.28. The van der Waals surface area contributed by atoms with Crippen molar-refractivity contribution in [2.24, 2.45) is 10.9 Å². The van der Waals surface area contributed by atoms with E-state index in [0.717, 1.165) is 18.4 Å². The van der Waals surface area contributed by atoms with Crippen LogP contribution in [-0.2, 0) is 0 Å². The number of amidine groups is 1. The van der Waals surface area contributed by atoms with Crippen molar-refractivity contribution in [2.75, 3.05) is 11.4 Å². The van der Waals surface area contributed by atoms with Crippen LogP contribution in [0.5, 0.6) is 0 Å². The topological polar surface area (TPSA) is 61.8 Å². The van der Waals surface area contributed by atoms with E-state index in [-0.39, 0.29) is 11.9 Å². The fourth-order valence-corrected chi connectivity index (χ4v) is 2.15. The number of oxime groups is 1. The van der Waals surface area contributed by atoms with Gasteiger partial charge < -0.3 is 15.8 Å². The van der Waals surface area contributed by atoms with Gasteiger partial charge >= 0.3 is 6.18 Å². The van der Waals surface area contributed by atoms with Crippen LogP contribution in [0.3, 0.4) is 0 Å². The molecule has 3 N–H and O–H groups in total. The van der Waals surface area contributed by atoms with Gasteiger partial charge in [0.2, 0.25) is 0 Å². The van der Waals surface area contributed by atoms with E-state index < -0.39 is 12.7 Å². The molecule has 2 rings (SSSR count). The lowest BCUT2D eigenvalue weighted by Crippen LogP contribution is -2.37. The predicted octanol–water partition coefficient (Wildman–Crippen LogP) is 2.62. The number of hydrogen-bond donors (Lipinski definition) is 2. The Morgan fingerprint density at radius 1 is 1.45 bits per heavy atom. The standard InChI is InChI=1S/C13H16F3N3O/c1-8-2-5-11(10(6-8)12(17)18-20)19(9-3-4-9)7-13(14,15)16/h2,5-6,9,20H,3-4,7H2,1H3,(H2,17,18). The zero-order valence-electron chi connectivity index (χ0n) is 11.0. The number of aryl methyl sites for hydroxylation is 1. The van der Waals surface area contributed by atoms with Gasteiger partial charge in [0.1, 0.15) is 6.54 Å². The molecule has 0 atom stereocenters. The molecule has 1 fully saturated rings. The highest BCUT2D eigenvalue weighted by Gasteiger charge is 2.39. The molecule has 0 unspecified atom stereocenters. The second kappa shape index (κ2) is 5.22. The Hall–Kier alpha value is -1.92. The molecule has 4 nitrogen and oxygen atoms in total. The van der Waals surface area contributed by atoms with Gasteiger partial charge in [-0.3, -0.25) is 0 Å². The summed E-state index contributed by atoms with van der Waals surface area (Å²) in [6.45, 7) is 0.760. The molecular formula is C13H16F3N3O. The number of alkyl halides is 3. The van der Waals surface area contributed by atoms with Gasteiger partial charge in [0.15, 0.2) is 5.84 Å². The lowest BCUT2D eigenvalue weighted by molar-refractivity contribution is -0.120. The summed E-state index contributed by atoms with van der Waals surface area (Å²) < 4.78 is 38.2. The highest BCUT2D eigenvalue weighted by Crippen LogP contribution is 2.36. The van der Waals surface area contributed by atoms with Crippen molar-refractivity contribution in [3.05, 3.63) is 29.3 Å². The monoisotopic (exact) mass is 287 g/mol. The Morgan fingerprint density at radius 3 is 2.60 bits per heavy atom. The van der Waals surface area contributed by atoms with Gasteiger partial charge in [0.05, 0.1) is 0 Å². The Balaban J connectivity index is 2.42. The molecule has 0 amide bonds. The summed E-state index contributed by atoms with van der Waals surface area (Å²) in [5.74, 6) is -0.184. The molecule has 0 saturated heterocycles. The highest BCUT2D eigenvalue weighted by molar-refractivity contribution is 6.02. The molecule has 1 saturated carbocycles. The average Bonchev–Trinajstić information content (AvgIpc) is 3.18. The van der Waals surface area contributed by atoms with E-state index >= 15 is 0 Å². The van der Waals surface area contributed by atoms with Gasteiger partial charge in [-0.2, -0.15) is 13.2 Å². The third kappa shape index (κ3) is 3.34. The zero-order valence-corrected chi connectivity index (χ0v) is 11.0. The maximum Gasteiger partial charge on any atom is 0.405 e. The van der Waals surface area contributed by atoms with Crippen LogP contribution >= 0.6 is 0 Å². The van der Waals surface area contributed by atoms with Crippen molar-refractivity contribution in [2.45, 2.75) is 32.0 Å².